The smallest absolute Gasteiger partial charge is 0.115 e. The summed E-state index contributed by atoms with van der Waals surface area (Å²) in [5.74, 6) is 0.284. The molecular weight excluding hydrogens is 210 g/mol. The molecule has 2 heteroatoms. The minimum atomic E-state index is 0.284. The molecule has 0 bridgehead atoms. The molecule has 0 aliphatic rings. The minimum Gasteiger partial charge on any atom is -0.508 e. The molecule has 2 aromatic rings. The number of rotatable bonds is 2. The third-order valence-electron chi connectivity index (χ3n) is 3.07. The van der Waals surface area contributed by atoms with Gasteiger partial charge in [-0.15, -0.1) is 0 Å². The van der Waals surface area contributed by atoms with Crippen LogP contribution in [0.4, 0.5) is 0 Å². The Morgan fingerprint density at radius 2 is 1.94 bits per heavy atom. The van der Waals surface area contributed by atoms with Crippen molar-refractivity contribution >= 4 is 12.2 Å². The highest BCUT2D eigenvalue weighted by Crippen LogP contribution is 2.17. The fraction of sp³-hybridized carbons (Fsp3) is 0.200. The number of aromatic hydroxyl groups is 1. The molecule has 2 rings (SSSR count). The van der Waals surface area contributed by atoms with Crippen molar-refractivity contribution in [3.63, 3.8) is 0 Å². The van der Waals surface area contributed by atoms with Gasteiger partial charge in [-0.25, -0.2) is 0 Å². The Hall–Kier alpha value is -1.96. The maximum atomic E-state index is 9.28. The summed E-state index contributed by atoms with van der Waals surface area (Å²) in [6.07, 6.45) is 1.02. The zero-order chi connectivity index (χ0) is 12.4. The average Bonchev–Trinajstić information content (AvgIpc) is 2.71. The SMILES string of the molecule is C=c1[nH]/c(=C(\C)CC)cc1-c1ccc(O)cc1. The lowest BCUT2D eigenvalue weighted by Gasteiger charge is -1.97. The van der Waals surface area contributed by atoms with Crippen LogP contribution in [0.15, 0.2) is 30.3 Å². The molecule has 0 unspecified atom stereocenters. The van der Waals surface area contributed by atoms with Gasteiger partial charge in [-0.3, -0.25) is 0 Å². The van der Waals surface area contributed by atoms with Crippen LogP contribution in [-0.4, -0.2) is 10.1 Å². The van der Waals surface area contributed by atoms with E-state index in [0.29, 0.717) is 0 Å². The van der Waals surface area contributed by atoms with Gasteiger partial charge in [0.2, 0.25) is 0 Å². The number of nitrogens with one attached hydrogen (secondary N) is 1. The molecule has 1 heterocycles. The van der Waals surface area contributed by atoms with Crippen molar-refractivity contribution in [1.82, 2.24) is 4.98 Å². The van der Waals surface area contributed by atoms with E-state index in [4.69, 9.17) is 0 Å². The number of hydrogen-bond acceptors (Lipinski definition) is 1. The van der Waals surface area contributed by atoms with Crippen LogP contribution in [-0.2, 0) is 0 Å². The Balaban J connectivity index is 2.58. The van der Waals surface area contributed by atoms with Crippen LogP contribution in [0.25, 0.3) is 23.3 Å². The van der Waals surface area contributed by atoms with Crippen molar-refractivity contribution in [2.45, 2.75) is 20.3 Å². The van der Waals surface area contributed by atoms with Crippen molar-refractivity contribution in [1.29, 1.82) is 0 Å². The summed E-state index contributed by atoms with van der Waals surface area (Å²) in [5.41, 5.74) is 3.48. The van der Waals surface area contributed by atoms with E-state index >= 15 is 0 Å². The van der Waals surface area contributed by atoms with Gasteiger partial charge in [0.1, 0.15) is 5.75 Å². The Morgan fingerprint density at radius 3 is 2.53 bits per heavy atom. The second-order valence-corrected chi connectivity index (χ2v) is 4.26. The number of H-pyrrole nitrogens is 1. The van der Waals surface area contributed by atoms with Crippen LogP contribution in [0, 0.1) is 0 Å². The van der Waals surface area contributed by atoms with Crippen molar-refractivity contribution in [3.05, 3.63) is 41.0 Å². The van der Waals surface area contributed by atoms with E-state index in [0.717, 1.165) is 28.2 Å². The normalized spacial score (nSPS) is 12.6. The van der Waals surface area contributed by atoms with E-state index in [1.54, 1.807) is 12.1 Å². The van der Waals surface area contributed by atoms with E-state index < -0.39 is 0 Å². The summed E-state index contributed by atoms with van der Waals surface area (Å²) < 4.78 is 0. The molecule has 0 aliphatic heterocycles. The largest absolute Gasteiger partial charge is 0.508 e. The van der Waals surface area contributed by atoms with Crippen LogP contribution in [0.1, 0.15) is 20.3 Å². The van der Waals surface area contributed by atoms with Gasteiger partial charge in [-0.2, -0.15) is 0 Å². The molecule has 1 aromatic carbocycles. The monoisotopic (exact) mass is 227 g/mol. The average molecular weight is 227 g/mol. The quantitative estimate of drug-likeness (QED) is 0.812. The molecule has 2 nitrogen and oxygen atoms in total. The van der Waals surface area contributed by atoms with E-state index in [1.807, 2.05) is 12.1 Å². The maximum Gasteiger partial charge on any atom is 0.115 e. The summed E-state index contributed by atoms with van der Waals surface area (Å²) in [7, 11) is 0. The van der Waals surface area contributed by atoms with Crippen molar-refractivity contribution < 1.29 is 5.11 Å². The van der Waals surface area contributed by atoms with Gasteiger partial charge in [0.25, 0.3) is 0 Å². The van der Waals surface area contributed by atoms with Gasteiger partial charge in [0, 0.05) is 16.3 Å². The van der Waals surface area contributed by atoms with Crippen LogP contribution < -0.4 is 10.7 Å². The molecule has 0 saturated carbocycles. The third-order valence-corrected chi connectivity index (χ3v) is 3.07. The maximum absolute atomic E-state index is 9.28. The molecule has 0 saturated heterocycles. The first-order valence-corrected chi connectivity index (χ1v) is 5.79. The number of aromatic amines is 1. The molecule has 17 heavy (non-hydrogen) atoms. The van der Waals surface area contributed by atoms with Gasteiger partial charge in [-0.1, -0.05) is 31.2 Å². The topological polar surface area (TPSA) is 36.0 Å². The molecule has 2 N–H and O–H groups in total. The summed E-state index contributed by atoms with van der Waals surface area (Å²) in [6.45, 7) is 8.28. The van der Waals surface area contributed by atoms with Gasteiger partial charge >= 0.3 is 0 Å². The van der Waals surface area contributed by atoms with Crippen LogP contribution in [0.2, 0.25) is 0 Å². The lowest BCUT2D eigenvalue weighted by atomic mass is 10.1. The molecule has 0 aliphatic carbocycles. The Labute approximate surface area is 101 Å². The molecular formula is C15H17NO. The zero-order valence-corrected chi connectivity index (χ0v) is 10.2. The van der Waals surface area contributed by atoms with Gasteiger partial charge in [-0.05, 0) is 37.1 Å². The highest BCUT2D eigenvalue weighted by Gasteiger charge is 2.02. The van der Waals surface area contributed by atoms with Crippen molar-refractivity contribution in [2.24, 2.45) is 0 Å². The Bertz CT molecular complexity index is 620. The summed E-state index contributed by atoms with van der Waals surface area (Å²) >= 11 is 0. The number of phenols is 1. The Kier molecular flexibility index (Phi) is 3.05. The third kappa shape index (κ3) is 2.26. The first-order chi connectivity index (χ1) is 8.11. The zero-order valence-electron chi connectivity index (χ0n) is 10.2. The molecule has 1 aromatic heterocycles. The summed E-state index contributed by atoms with van der Waals surface area (Å²) in [4.78, 5) is 3.30. The standard InChI is InChI=1S/C15H17NO/c1-4-10(2)15-9-14(11(3)16-15)12-5-7-13(17)8-6-12/h5-9,16-17H,3-4H2,1-2H3/b15-10+. The second kappa shape index (κ2) is 4.50. The number of aromatic nitrogens is 1. The highest BCUT2D eigenvalue weighted by molar-refractivity contribution is 5.65. The van der Waals surface area contributed by atoms with E-state index in [-0.39, 0.29) is 5.75 Å². The van der Waals surface area contributed by atoms with Crippen LogP contribution in [0.5, 0.6) is 5.75 Å². The van der Waals surface area contributed by atoms with Crippen LogP contribution >= 0.6 is 0 Å². The summed E-state index contributed by atoms with van der Waals surface area (Å²) in [5, 5.41) is 11.3. The molecule has 0 spiro atoms. The van der Waals surface area contributed by atoms with E-state index in [1.165, 1.54) is 5.57 Å². The van der Waals surface area contributed by atoms with Crippen molar-refractivity contribution in [2.75, 3.05) is 0 Å². The first-order valence-electron chi connectivity index (χ1n) is 5.79. The number of hydrogen-bond donors (Lipinski definition) is 2. The lowest BCUT2D eigenvalue weighted by molar-refractivity contribution is 0.475. The first kappa shape index (κ1) is 11.5. The molecule has 0 amide bonds. The highest BCUT2D eigenvalue weighted by atomic mass is 16.3. The Morgan fingerprint density at radius 1 is 1.29 bits per heavy atom. The fourth-order valence-corrected chi connectivity index (χ4v) is 1.82. The second-order valence-electron chi connectivity index (χ2n) is 4.26. The van der Waals surface area contributed by atoms with Gasteiger partial charge in [0.15, 0.2) is 0 Å². The fourth-order valence-electron chi connectivity index (χ4n) is 1.82. The van der Waals surface area contributed by atoms with Gasteiger partial charge < -0.3 is 10.1 Å². The van der Waals surface area contributed by atoms with Gasteiger partial charge in [0.05, 0.1) is 0 Å². The molecule has 88 valence electrons. The molecule has 0 atom stereocenters. The van der Waals surface area contributed by atoms with E-state index in [9.17, 15) is 5.11 Å². The van der Waals surface area contributed by atoms with E-state index in [2.05, 4.69) is 31.5 Å². The lowest BCUT2D eigenvalue weighted by Crippen LogP contribution is -2.10. The predicted molar refractivity (Wildman–Crippen MR) is 72.0 cm³/mol. The predicted octanol–water partition coefficient (Wildman–Crippen LogP) is 2.38. The van der Waals surface area contributed by atoms with Crippen molar-refractivity contribution in [3.8, 4) is 16.9 Å². The molecule has 0 radical (unpaired) electrons. The number of benzene rings is 1. The minimum absolute atomic E-state index is 0.284. The van der Waals surface area contributed by atoms with Crippen LogP contribution in [0.3, 0.4) is 0 Å². The summed E-state index contributed by atoms with van der Waals surface area (Å²) in [6, 6.07) is 9.31. The number of phenolic OH excluding ortho intramolecular Hbond substituents is 1. The molecule has 0 fully saturated rings.